The van der Waals surface area contributed by atoms with Crippen molar-refractivity contribution in [1.29, 1.82) is 0 Å². The van der Waals surface area contributed by atoms with Crippen LogP contribution in [0.1, 0.15) is 41.3 Å². The van der Waals surface area contributed by atoms with Crippen LogP contribution in [-0.4, -0.2) is 31.9 Å². The second kappa shape index (κ2) is 7.97. The lowest BCUT2D eigenvalue weighted by Gasteiger charge is -2.20. The van der Waals surface area contributed by atoms with E-state index in [-0.39, 0.29) is 5.97 Å². The van der Waals surface area contributed by atoms with Crippen LogP contribution in [0.4, 0.5) is 11.4 Å². The van der Waals surface area contributed by atoms with Crippen molar-refractivity contribution in [2.45, 2.75) is 26.7 Å². The number of carbonyl (C=O) groups excluding carboxylic acids is 1. The van der Waals surface area contributed by atoms with Gasteiger partial charge in [-0.2, -0.15) is 0 Å². The Morgan fingerprint density at radius 2 is 1.88 bits per heavy atom. The van der Waals surface area contributed by atoms with Gasteiger partial charge in [0, 0.05) is 25.0 Å². The maximum atomic E-state index is 11.6. The van der Waals surface area contributed by atoms with E-state index < -0.39 is 0 Å². The van der Waals surface area contributed by atoms with Crippen molar-refractivity contribution in [3.8, 4) is 0 Å². The van der Waals surface area contributed by atoms with Gasteiger partial charge in [-0.1, -0.05) is 6.07 Å². The number of aliphatic imine (C=N–C) groups is 1. The van der Waals surface area contributed by atoms with Gasteiger partial charge in [0.05, 0.1) is 17.9 Å². The minimum atomic E-state index is -0.300. The molecule has 1 saturated heterocycles. The third-order valence-corrected chi connectivity index (χ3v) is 4.41. The van der Waals surface area contributed by atoms with Gasteiger partial charge in [0.1, 0.15) is 0 Å². The molecule has 0 spiro atoms. The van der Waals surface area contributed by atoms with Gasteiger partial charge < -0.3 is 9.64 Å². The van der Waals surface area contributed by atoms with Gasteiger partial charge in [-0.15, -0.1) is 0 Å². The summed E-state index contributed by atoms with van der Waals surface area (Å²) in [6.07, 6.45) is 4.43. The van der Waals surface area contributed by atoms with Gasteiger partial charge in [-0.25, -0.2) is 4.79 Å². The third kappa shape index (κ3) is 4.27. The molecule has 1 aliphatic rings. The fourth-order valence-corrected chi connectivity index (χ4v) is 3.12. The Balaban J connectivity index is 1.69. The molecule has 0 atom stereocenters. The zero-order valence-electron chi connectivity index (χ0n) is 14.9. The van der Waals surface area contributed by atoms with E-state index in [2.05, 4.69) is 35.0 Å². The quantitative estimate of drug-likeness (QED) is 0.595. The van der Waals surface area contributed by atoms with Gasteiger partial charge in [0.2, 0.25) is 0 Å². The molecule has 130 valence electrons. The molecule has 4 heteroatoms. The molecule has 2 aromatic carbocycles. The van der Waals surface area contributed by atoms with Crippen LogP contribution in [0.25, 0.3) is 0 Å². The van der Waals surface area contributed by atoms with E-state index >= 15 is 0 Å². The summed E-state index contributed by atoms with van der Waals surface area (Å²) in [6, 6.07) is 13.6. The molecular weight excluding hydrogens is 312 g/mol. The van der Waals surface area contributed by atoms with Gasteiger partial charge in [0.25, 0.3) is 0 Å². The van der Waals surface area contributed by atoms with Crippen LogP contribution in [0, 0.1) is 6.92 Å². The number of carbonyl (C=O) groups is 1. The number of nitrogens with zero attached hydrogens (tertiary/aromatic N) is 2. The number of esters is 1. The summed E-state index contributed by atoms with van der Waals surface area (Å²) in [6.45, 7) is 6.64. The van der Waals surface area contributed by atoms with Crippen molar-refractivity contribution in [3.63, 3.8) is 0 Å². The van der Waals surface area contributed by atoms with Crippen molar-refractivity contribution < 1.29 is 9.53 Å². The Hall–Kier alpha value is -2.62. The lowest BCUT2D eigenvalue weighted by molar-refractivity contribution is 0.0526. The molecule has 0 bridgehead atoms. The standard InChI is InChI=1S/C21H24N2O2/c1-3-25-21(24)18-7-9-19(10-8-18)22-15-17-6-11-20(16(2)14-17)23-12-4-5-13-23/h6-11,14-15H,3-5,12-13H2,1-2H3. The Labute approximate surface area is 149 Å². The second-order valence-corrected chi connectivity index (χ2v) is 6.27. The first-order chi connectivity index (χ1) is 12.2. The Morgan fingerprint density at radius 1 is 1.16 bits per heavy atom. The molecule has 25 heavy (non-hydrogen) atoms. The minimum Gasteiger partial charge on any atom is -0.462 e. The molecule has 1 heterocycles. The van der Waals surface area contributed by atoms with Crippen LogP contribution in [-0.2, 0) is 4.74 Å². The van der Waals surface area contributed by atoms with E-state index in [1.807, 2.05) is 18.3 Å². The molecule has 0 aromatic heterocycles. The molecule has 0 saturated carbocycles. The smallest absolute Gasteiger partial charge is 0.338 e. The average Bonchev–Trinajstić information content (AvgIpc) is 3.15. The summed E-state index contributed by atoms with van der Waals surface area (Å²) in [7, 11) is 0. The molecule has 0 aliphatic carbocycles. The number of aryl methyl sites for hydroxylation is 1. The Morgan fingerprint density at radius 3 is 2.52 bits per heavy atom. The van der Waals surface area contributed by atoms with E-state index in [0.29, 0.717) is 12.2 Å². The van der Waals surface area contributed by atoms with Crippen LogP contribution in [0.2, 0.25) is 0 Å². The Kier molecular flexibility index (Phi) is 5.49. The zero-order chi connectivity index (χ0) is 17.6. The van der Waals surface area contributed by atoms with Crippen LogP contribution in [0.5, 0.6) is 0 Å². The molecule has 0 amide bonds. The molecule has 4 nitrogen and oxygen atoms in total. The third-order valence-electron chi connectivity index (χ3n) is 4.41. The van der Waals surface area contributed by atoms with Gasteiger partial charge in [0.15, 0.2) is 0 Å². The van der Waals surface area contributed by atoms with E-state index in [1.54, 1.807) is 19.1 Å². The fourth-order valence-electron chi connectivity index (χ4n) is 3.12. The first-order valence-corrected chi connectivity index (χ1v) is 8.84. The predicted octanol–water partition coefficient (Wildman–Crippen LogP) is 4.52. The van der Waals surface area contributed by atoms with Crippen LogP contribution < -0.4 is 4.90 Å². The van der Waals surface area contributed by atoms with E-state index in [1.165, 1.54) is 24.1 Å². The van der Waals surface area contributed by atoms with Gasteiger partial charge >= 0.3 is 5.97 Å². The number of rotatable bonds is 5. The number of benzene rings is 2. The number of hydrogen-bond donors (Lipinski definition) is 0. The molecule has 0 N–H and O–H groups in total. The normalized spacial score (nSPS) is 14.2. The lowest BCUT2D eigenvalue weighted by atomic mass is 10.1. The highest BCUT2D eigenvalue weighted by molar-refractivity contribution is 5.90. The van der Waals surface area contributed by atoms with Crippen LogP contribution >= 0.6 is 0 Å². The topological polar surface area (TPSA) is 41.9 Å². The van der Waals surface area contributed by atoms with Crippen molar-refractivity contribution >= 4 is 23.6 Å². The van der Waals surface area contributed by atoms with Gasteiger partial charge in [-0.05, 0) is 74.2 Å². The molecule has 3 rings (SSSR count). The highest BCUT2D eigenvalue weighted by atomic mass is 16.5. The SMILES string of the molecule is CCOC(=O)c1ccc(N=Cc2ccc(N3CCCC3)c(C)c2)cc1. The van der Waals surface area contributed by atoms with Crippen LogP contribution in [0.3, 0.4) is 0 Å². The monoisotopic (exact) mass is 336 g/mol. The van der Waals surface area contributed by atoms with Crippen LogP contribution in [0.15, 0.2) is 47.5 Å². The molecule has 1 aliphatic heterocycles. The maximum Gasteiger partial charge on any atom is 0.338 e. The van der Waals surface area contributed by atoms with E-state index in [4.69, 9.17) is 4.74 Å². The number of hydrogen-bond acceptors (Lipinski definition) is 4. The van der Waals surface area contributed by atoms with Crippen molar-refractivity contribution in [3.05, 3.63) is 59.2 Å². The largest absolute Gasteiger partial charge is 0.462 e. The predicted molar refractivity (Wildman–Crippen MR) is 102 cm³/mol. The summed E-state index contributed by atoms with van der Waals surface area (Å²) >= 11 is 0. The van der Waals surface area contributed by atoms with Gasteiger partial charge in [-0.3, -0.25) is 4.99 Å². The lowest BCUT2D eigenvalue weighted by Crippen LogP contribution is -2.18. The number of ether oxygens (including phenoxy) is 1. The molecule has 1 fully saturated rings. The number of anilines is 1. The maximum absolute atomic E-state index is 11.6. The minimum absolute atomic E-state index is 0.300. The fraction of sp³-hybridized carbons (Fsp3) is 0.333. The Bertz CT molecular complexity index is 760. The van der Waals surface area contributed by atoms with Crippen molar-refractivity contribution in [2.75, 3.05) is 24.6 Å². The summed E-state index contributed by atoms with van der Waals surface area (Å²) < 4.78 is 4.98. The zero-order valence-corrected chi connectivity index (χ0v) is 14.9. The highest BCUT2D eigenvalue weighted by Gasteiger charge is 2.14. The highest BCUT2D eigenvalue weighted by Crippen LogP contribution is 2.25. The van der Waals surface area contributed by atoms with E-state index in [9.17, 15) is 4.79 Å². The average molecular weight is 336 g/mol. The first kappa shape index (κ1) is 17.2. The summed E-state index contributed by atoms with van der Waals surface area (Å²) in [4.78, 5) is 18.6. The molecule has 2 aromatic rings. The second-order valence-electron chi connectivity index (χ2n) is 6.27. The van der Waals surface area contributed by atoms with Crippen molar-refractivity contribution in [2.24, 2.45) is 4.99 Å². The molecular formula is C21H24N2O2. The summed E-state index contributed by atoms with van der Waals surface area (Å²) in [5, 5.41) is 0. The van der Waals surface area contributed by atoms with Crippen molar-refractivity contribution in [1.82, 2.24) is 0 Å². The summed E-state index contributed by atoms with van der Waals surface area (Å²) in [5.41, 5.74) is 5.05. The molecule has 0 radical (unpaired) electrons. The van der Waals surface area contributed by atoms with E-state index in [0.717, 1.165) is 24.3 Å². The summed E-state index contributed by atoms with van der Waals surface area (Å²) in [5.74, 6) is -0.300. The first-order valence-electron chi connectivity index (χ1n) is 8.84. The molecule has 0 unspecified atom stereocenters.